The molecule has 2 heterocycles. The molecule has 0 spiro atoms. The van der Waals surface area contributed by atoms with Crippen LogP contribution in [0.1, 0.15) is 65.8 Å². The van der Waals surface area contributed by atoms with Crippen molar-refractivity contribution in [3.63, 3.8) is 0 Å². The Morgan fingerprint density at radius 2 is 1.64 bits per heavy atom. The summed E-state index contributed by atoms with van der Waals surface area (Å²) in [6, 6.07) is 18.5. The molecule has 1 amide bonds. The highest BCUT2D eigenvalue weighted by atomic mass is 16.5. The van der Waals surface area contributed by atoms with Crippen LogP contribution in [0.4, 0.5) is 5.69 Å². The van der Waals surface area contributed by atoms with Crippen molar-refractivity contribution in [1.29, 1.82) is 0 Å². The molecule has 7 heteroatoms. The summed E-state index contributed by atoms with van der Waals surface area (Å²) in [5.41, 5.74) is 3.85. The van der Waals surface area contributed by atoms with Gasteiger partial charge < -0.3 is 14.6 Å². The van der Waals surface area contributed by atoms with Gasteiger partial charge in [0.1, 0.15) is 11.5 Å². The molecule has 0 radical (unpaired) electrons. The Morgan fingerprint density at radius 3 is 2.28 bits per heavy atom. The third-order valence-electron chi connectivity index (χ3n) is 7.29. The van der Waals surface area contributed by atoms with Gasteiger partial charge in [0.05, 0.1) is 30.9 Å². The second-order valence-electron chi connectivity index (χ2n) is 10.9. The van der Waals surface area contributed by atoms with Crippen molar-refractivity contribution in [3.8, 4) is 5.75 Å². The van der Waals surface area contributed by atoms with Crippen molar-refractivity contribution in [1.82, 2.24) is 0 Å². The van der Waals surface area contributed by atoms with E-state index in [2.05, 4.69) is 20.8 Å². The summed E-state index contributed by atoms with van der Waals surface area (Å²) in [7, 11) is 1.29. The maximum atomic E-state index is 13.5. The first-order valence-electron chi connectivity index (χ1n) is 13.0. The van der Waals surface area contributed by atoms with Crippen molar-refractivity contribution in [2.75, 3.05) is 18.6 Å². The standard InChI is InChI=1S/C32H31NO6/c1-32(2,3)23-12-7-19(8-13-23)27-26(28(34)22-11-16-25-21(18-22)6-5-17-39-25)29(35)30(36)33(27)24-14-9-20(10-15-24)31(37)38-4/h7-16,18,27,34H,5-6,17H2,1-4H3/b28-26-. The van der Waals surface area contributed by atoms with Gasteiger partial charge in [0.2, 0.25) is 0 Å². The number of ketones is 1. The minimum Gasteiger partial charge on any atom is -0.507 e. The topological polar surface area (TPSA) is 93.1 Å². The number of rotatable bonds is 4. The molecule has 3 aromatic rings. The third kappa shape index (κ3) is 4.80. The van der Waals surface area contributed by atoms with Crippen LogP contribution in [-0.4, -0.2) is 36.5 Å². The van der Waals surface area contributed by atoms with E-state index in [4.69, 9.17) is 9.47 Å². The van der Waals surface area contributed by atoms with Crippen LogP contribution in [-0.2, 0) is 26.2 Å². The molecule has 1 saturated heterocycles. The number of benzene rings is 3. The molecule has 2 aliphatic rings. The van der Waals surface area contributed by atoms with Gasteiger partial charge in [0, 0.05) is 11.3 Å². The Labute approximate surface area is 227 Å². The van der Waals surface area contributed by atoms with Gasteiger partial charge in [-0.1, -0.05) is 45.0 Å². The number of anilines is 1. The zero-order chi connectivity index (χ0) is 27.9. The number of hydrogen-bond acceptors (Lipinski definition) is 6. The van der Waals surface area contributed by atoms with E-state index in [9.17, 15) is 19.5 Å². The number of methoxy groups -OCH3 is 1. The van der Waals surface area contributed by atoms with Crippen LogP contribution in [0.3, 0.4) is 0 Å². The Balaban J connectivity index is 1.66. The number of amides is 1. The van der Waals surface area contributed by atoms with Crippen molar-refractivity contribution in [2.24, 2.45) is 0 Å². The molecule has 1 atom stereocenters. The predicted molar refractivity (Wildman–Crippen MR) is 148 cm³/mol. The molecule has 3 aromatic carbocycles. The van der Waals surface area contributed by atoms with Gasteiger partial charge >= 0.3 is 5.97 Å². The summed E-state index contributed by atoms with van der Waals surface area (Å²) in [5.74, 6) is -1.51. The minimum absolute atomic E-state index is 0.0113. The Kier molecular flexibility index (Phi) is 6.76. The molecule has 0 aliphatic carbocycles. The molecule has 0 aromatic heterocycles. The largest absolute Gasteiger partial charge is 0.507 e. The molecule has 1 N–H and O–H groups in total. The summed E-state index contributed by atoms with van der Waals surface area (Å²) in [6.07, 6.45) is 1.67. The summed E-state index contributed by atoms with van der Waals surface area (Å²) in [6.45, 7) is 6.97. The molecule has 0 saturated carbocycles. The molecule has 1 unspecified atom stereocenters. The number of nitrogens with zero attached hydrogens (tertiary/aromatic N) is 1. The van der Waals surface area contributed by atoms with Crippen molar-refractivity contribution < 1.29 is 29.0 Å². The van der Waals surface area contributed by atoms with E-state index in [0.717, 1.165) is 29.7 Å². The average Bonchev–Trinajstić information content (AvgIpc) is 3.21. The first-order valence-corrected chi connectivity index (χ1v) is 13.0. The lowest BCUT2D eigenvalue weighted by Gasteiger charge is -2.27. The van der Waals surface area contributed by atoms with Gasteiger partial charge in [-0.15, -0.1) is 0 Å². The lowest BCUT2D eigenvalue weighted by atomic mass is 9.85. The Morgan fingerprint density at radius 1 is 0.974 bits per heavy atom. The quantitative estimate of drug-likeness (QED) is 0.203. The maximum absolute atomic E-state index is 13.5. The SMILES string of the molecule is COC(=O)c1ccc(N2C(=O)C(=O)/C(=C(\O)c3ccc4c(c3)CCCO4)C2c2ccc(C(C)(C)C)cc2)cc1. The lowest BCUT2D eigenvalue weighted by Crippen LogP contribution is -2.29. The Bertz CT molecular complexity index is 1480. The third-order valence-corrected chi connectivity index (χ3v) is 7.29. The summed E-state index contributed by atoms with van der Waals surface area (Å²) in [4.78, 5) is 40.3. The van der Waals surface area contributed by atoms with Crippen LogP contribution < -0.4 is 9.64 Å². The number of aryl methyl sites for hydroxylation is 1. The number of esters is 1. The van der Waals surface area contributed by atoms with Crippen LogP contribution in [0.25, 0.3) is 5.76 Å². The number of hydrogen-bond donors (Lipinski definition) is 1. The van der Waals surface area contributed by atoms with E-state index in [0.29, 0.717) is 29.0 Å². The molecular weight excluding hydrogens is 494 g/mol. The molecule has 7 nitrogen and oxygen atoms in total. The summed E-state index contributed by atoms with van der Waals surface area (Å²) in [5, 5.41) is 11.5. The number of carbonyl (C=O) groups excluding carboxylic acids is 3. The number of aliphatic hydroxyl groups excluding tert-OH is 1. The fourth-order valence-corrected chi connectivity index (χ4v) is 5.12. The average molecular weight is 526 g/mol. The van der Waals surface area contributed by atoms with E-state index < -0.39 is 23.7 Å². The van der Waals surface area contributed by atoms with Crippen LogP contribution in [0.2, 0.25) is 0 Å². The van der Waals surface area contributed by atoms with Crippen molar-refractivity contribution in [3.05, 3.63) is 100 Å². The number of ether oxygens (including phenoxy) is 2. The molecule has 0 bridgehead atoms. The molecule has 39 heavy (non-hydrogen) atoms. The minimum atomic E-state index is -0.865. The highest BCUT2D eigenvalue weighted by molar-refractivity contribution is 6.51. The first-order chi connectivity index (χ1) is 18.6. The number of fused-ring (bicyclic) bond motifs is 1. The van der Waals surface area contributed by atoms with Gasteiger partial charge in [0.25, 0.3) is 11.7 Å². The zero-order valence-electron chi connectivity index (χ0n) is 22.5. The van der Waals surface area contributed by atoms with Crippen molar-refractivity contribution in [2.45, 2.75) is 45.1 Å². The van der Waals surface area contributed by atoms with Gasteiger partial charge in [-0.3, -0.25) is 14.5 Å². The van der Waals surface area contributed by atoms with Crippen LogP contribution in [0.15, 0.2) is 72.3 Å². The fraction of sp³-hybridized carbons (Fsp3) is 0.281. The zero-order valence-corrected chi connectivity index (χ0v) is 22.5. The van der Waals surface area contributed by atoms with Crippen LogP contribution >= 0.6 is 0 Å². The summed E-state index contributed by atoms with van der Waals surface area (Å²) < 4.78 is 10.5. The molecule has 200 valence electrons. The molecule has 5 rings (SSSR count). The predicted octanol–water partition coefficient (Wildman–Crippen LogP) is 5.72. The number of aliphatic hydroxyl groups is 1. The maximum Gasteiger partial charge on any atom is 0.337 e. The van der Waals surface area contributed by atoms with Crippen LogP contribution in [0, 0.1) is 0 Å². The summed E-state index contributed by atoms with van der Waals surface area (Å²) >= 11 is 0. The normalized spacial score (nSPS) is 18.5. The van der Waals surface area contributed by atoms with E-state index >= 15 is 0 Å². The van der Waals surface area contributed by atoms with E-state index in [1.807, 2.05) is 30.3 Å². The van der Waals surface area contributed by atoms with Gasteiger partial charge in [-0.05, 0) is 77.4 Å². The highest BCUT2D eigenvalue weighted by Crippen LogP contribution is 2.43. The number of carbonyl (C=O) groups is 3. The molecular formula is C32H31NO6. The second-order valence-corrected chi connectivity index (χ2v) is 10.9. The van der Waals surface area contributed by atoms with Gasteiger partial charge in [-0.25, -0.2) is 4.79 Å². The second kappa shape index (κ2) is 10.1. The Hall–Kier alpha value is -4.39. The fourth-order valence-electron chi connectivity index (χ4n) is 5.12. The smallest absolute Gasteiger partial charge is 0.337 e. The van der Waals surface area contributed by atoms with E-state index in [-0.39, 0.29) is 16.7 Å². The molecule has 2 aliphatic heterocycles. The van der Waals surface area contributed by atoms with Gasteiger partial charge in [-0.2, -0.15) is 0 Å². The van der Waals surface area contributed by atoms with E-state index in [1.54, 1.807) is 36.4 Å². The van der Waals surface area contributed by atoms with Crippen LogP contribution in [0.5, 0.6) is 5.75 Å². The lowest BCUT2D eigenvalue weighted by molar-refractivity contribution is -0.132. The molecule has 1 fully saturated rings. The monoisotopic (exact) mass is 525 g/mol. The first kappa shape index (κ1) is 26.2. The number of Topliss-reactive ketones (excluding diaryl/α,β-unsaturated/α-hetero) is 1. The highest BCUT2D eigenvalue weighted by Gasteiger charge is 2.47. The van der Waals surface area contributed by atoms with Crippen molar-refractivity contribution >= 4 is 29.1 Å². The van der Waals surface area contributed by atoms with Gasteiger partial charge in [0.15, 0.2) is 0 Å². The van der Waals surface area contributed by atoms with E-state index in [1.165, 1.54) is 12.0 Å².